The van der Waals surface area contributed by atoms with Gasteiger partial charge >= 0.3 is 0 Å². The lowest BCUT2D eigenvalue weighted by atomic mass is 9.93. The first-order valence-electron chi connectivity index (χ1n) is 6.51. The van der Waals surface area contributed by atoms with Crippen molar-refractivity contribution in [3.63, 3.8) is 0 Å². The lowest BCUT2D eigenvalue weighted by Crippen LogP contribution is -2.36. The van der Waals surface area contributed by atoms with Crippen LogP contribution in [0.15, 0.2) is 16.7 Å². The molecule has 6 heteroatoms. The van der Waals surface area contributed by atoms with Gasteiger partial charge in [0.25, 0.3) is 5.89 Å². The molecule has 20 heavy (non-hydrogen) atoms. The van der Waals surface area contributed by atoms with Crippen molar-refractivity contribution < 1.29 is 13.3 Å². The van der Waals surface area contributed by atoms with Crippen LogP contribution in [0, 0.1) is 18.6 Å². The van der Waals surface area contributed by atoms with Gasteiger partial charge in [0.2, 0.25) is 0 Å². The van der Waals surface area contributed by atoms with Crippen molar-refractivity contribution >= 4 is 0 Å². The summed E-state index contributed by atoms with van der Waals surface area (Å²) in [7, 11) is 0. The molecule has 2 rings (SSSR count). The molecule has 2 N–H and O–H groups in total. The zero-order valence-electron chi connectivity index (χ0n) is 11.7. The number of hydrogen-bond acceptors (Lipinski definition) is 4. The minimum Gasteiger partial charge on any atom is -0.334 e. The Morgan fingerprint density at radius 3 is 2.50 bits per heavy atom. The van der Waals surface area contributed by atoms with E-state index in [4.69, 9.17) is 10.3 Å². The molecule has 1 heterocycles. The van der Waals surface area contributed by atoms with Gasteiger partial charge < -0.3 is 10.3 Å². The molecule has 0 saturated heterocycles. The largest absolute Gasteiger partial charge is 0.334 e. The molecule has 1 aromatic carbocycles. The Morgan fingerprint density at radius 2 is 1.90 bits per heavy atom. The standard InChI is InChI=1S/C14H17F2N3O/c1-4-14(17,5-2)13-18-12(20-19-13)10-9(15)7-6-8(3)11(10)16/h6-7H,4-5,17H2,1-3H3. The highest BCUT2D eigenvalue weighted by Gasteiger charge is 2.30. The first kappa shape index (κ1) is 14.6. The second-order valence-corrected chi connectivity index (χ2v) is 4.84. The molecule has 0 saturated carbocycles. The Morgan fingerprint density at radius 1 is 1.25 bits per heavy atom. The van der Waals surface area contributed by atoms with Crippen LogP contribution in [-0.2, 0) is 5.54 Å². The van der Waals surface area contributed by atoms with Gasteiger partial charge in [-0.3, -0.25) is 0 Å². The third-order valence-corrected chi connectivity index (χ3v) is 3.63. The molecule has 0 radical (unpaired) electrons. The van der Waals surface area contributed by atoms with Crippen molar-refractivity contribution in [1.82, 2.24) is 10.1 Å². The van der Waals surface area contributed by atoms with Gasteiger partial charge in [0, 0.05) is 0 Å². The van der Waals surface area contributed by atoms with E-state index in [2.05, 4.69) is 10.1 Å². The Labute approximate surface area is 116 Å². The molecule has 0 bridgehead atoms. The topological polar surface area (TPSA) is 64.9 Å². The molecule has 0 spiro atoms. The maximum absolute atomic E-state index is 14.0. The zero-order chi connectivity index (χ0) is 14.9. The van der Waals surface area contributed by atoms with Gasteiger partial charge in [-0.05, 0) is 31.4 Å². The number of nitrogens with two attached hydrogens (primary N) is 1. The summed E-state index contributed by atoms with van der Waals surface area (Å²) in [5.41, 5.74) is 5.40. The van der Waals surface area contributed by atoms with Crippen molar-refractivity contribution in [2.75, 3.05) is 0 Å². The summed E-state index contributed by atoms with van der Waals surface area (Å²) in [6, 6.07) is 2.53. The van der Waals surface area contributed by atoms with Crippen LogP contribution in [-0.4, -0.2) is 10.1 Å². The summed E-state index contributed by atoms with van der Waals surface area (Å²) in [4.78, 5) is 4.07. The van der Waals surface area contributed by atoms with Gasteiger partial charge in [0.1, 0.15) is 17.2 Å². The third kappa shape index (κ3) is 2.31. The van der Waals surface area contributed by atoms with Crippen molar-refractivity contribution in [2.45, 2.75) is 39.2 Å². The second kappa shape index (κ2) is 5.28. The van der Waals surface area contributed by atoms with Crippen molar-refractivity contribution in [3.05, 3.63) is 35.2 Å². The molecule has 0 aliphatic rings. The van der Waals surface area contributed by atoms with Crippen LogP contribution >= 0.6 is 0 Å². The maximum Gasteiger partial charge on any atom is 0.263 e. The predicted molar refractivity (Wildman–Crippen MR) is 70.8 cm³/mol. The van der Waals surface area contributed by atoms with Crippen molar-refractivity contribution in [1.29, 1.82) is 0 Å². The van der Waals surface area contributed by atoms with Gasteiger partial charge in [-0.1, -0.05) is 25.1 Å². The first-order chi connectivity index (χ1) is 9.42. The summed E-state index contributed by atoms with van der Waals surface area (Å²) >= 11 is 0. The first-order valence-corrected chi connectivity index (χ1v) is 6.51. The van der Waals surface area contributed by atoms with Gasteiger partial charge in [-0.15, -0.1) is 0 Å². The van der Waals surface area contributed by atoms with Crippen molar-refractivity contribution in [3.8, 4) is 11.5 Å². The Balaban J connectivity index is 2.52. The Kier molecular flexibility index (Phi) is 3.85. The molecule has 0 amide bonds. The summed E-state index contributed by atoms with van der Waals surface area (Å²) in [5, 5.41) is 3.77. The van der Waals surface area contributed by atoms with E-state index in [-0.39, 0.29) is 17.3 Å². The molecule has 0 fully saturated rings. The maximum atomic E-state index is 14.0. The fourth-order valence-electron chi connectivity index (χ4n) is 1.95. The second-order valence-electron chi connectivity index (χ2n) is 4.84. The van der Waals surface area contributed by atoms with Gasteiger partial charge in [0.05, 0.1) is 5.54 Å². The van der Waals surface area contributed by atoms with Crippen LogP contribution in [0.1, 0.15) is 38.1 Å². The molecule has 0 aliphatic carbocycles. The van der Waals surface area contributed by atoms with Crippen LogP contribution in [0.25, 0.3) is 11.5 Å². The number of aryl methyl sites for hydroxylation is 1. The number of hydrogen-bond donors (Lipinski definition) is 1. The number of nitrogens with zero attached hydrogens (tertiary/aromatic N) is 2. The fraction of sp³-hybridized carbons (Fsp3) is 0.429. The molecule has 0 atom stereocenters. The number of aromatic nitrogens is 2. The minimum atomic E-state index is -0.751. The molecule has 0 unspecified atom stereocenters. The van der Waals surface area contributed by atoms with E-state index < -0.39 is 17.2 Å². The Hall–Kier alpha value is -1.82. The van der Waals surface area contributed by atoms with Crippen LogP contribution in [0.5, 0.6) is 0 Å². The number of rotatable bonds is 4. The van der Waals surface area contributed by atoms with E-state index in [0.717, 1.165) is 0 Å². The average molecular weight is 281 g/mol. The van der Waals surface area contributed by atoms with E-state index in [1.165, 1.54) is 12.1 Å². The predicted octanol–water partition coefficient (Wildman–Crippen LogP) is 3.30. The van der Waals surface area contributed by atoms with E-state index in [0.29, 0.717) is 18.4 Å². The smallest absolute Gasteiger partial charge is 0.263 e. The summed E-state index contributed by atoms with van der Waals surface area (Å²) < 4.78 is 32.8. The van der Waals surface area contributed by atoms with Gasteiger partial charge in [-0.2, -0.15) is 4.98 Å². The quantitative estimate of drug-likeness (QED) is 0.933. The normalized spacial score (nSPS) is 11.9. The van der Waals surface area contributed by atoms with E-state index in [9.17, 15) is 8.78 Å². The lowest BCUT2D eigenvalue weighted by molar-refractivity contribution is 0.349. The molecule has 108 valence electrons. The molecule has 1 aromatic heterocycles. The minimum absolute atomic E-state index is 0.185. The highest BCUT2D eigenvalue weighted by molar-refractivity contribution is 5.56. The third-order valence-electron chi connectivity index (χ3n) is 3.63. The molecule has 2 aromatic rings. The SMILES string of the molecule is CCC(N)(CC)c1noc(-c2c(F)ccc(C)c2F)n1. The van der Waals surface area contributed by atoms with Crippen LogP contribution in [0.4, 0.5) is 8.78 Å². The average Bonchev–Trinajstić information content (AvgIpc) is 2.92. The molecular weight excluding hydrogens is 264 g/mol. The van der Waals surface area contributed by atoms with Gasteiger partial charge in [-0.25, -0.2) is 8.78 Å². The highest BCUT2D eigenvalue weighted by Crippen LogP contribution is 2.29. The fourth-order valence-corrected chi connectivity index (χ4v) is 1.95. The molecule has 0 aliphatic heterocycles. The monoisotopic (exact) mass is 281 g/mol. The Bertz CT molecular complexity index is 621. The van der Waals surface area contributed by atoms with E-state index in [1.807, 2.05) is 13.8 Å². The summed E-state index contributed by atoms with van der Waals surface area (Å²) in [6.45, 7) is 5.33. The van der Waals surface area contributed by atoms with Crippen LogP contribution in [0.3, 0.4) is 0 Å². The van der Waals surface area contributed by atoms with Crippen LogP contribution < -0.4 is 5.73 Å². The van der Waals surface area contributed by atoms with Crippen molar-refractivity contribution in [2.24, 2.45) is 5.73 Å². The number of benzene rings is 1. The highest BCUT2D eigenvalue weighted by atomic mass is 19.1. The summed E-state index contributed by atoms with van der Waals surface area (Å²) in [5.74, 6) is -1.36. The lowest BCUT2D eigenvalue weighted by Gasteiger charge is -2.21. The van der Waals surface area contributed by atoms with Gasteiger partial charge in [0.15, 0.2) is 5.82 Å². The van der Waals surface area contributed by atoms with Crippen LogP contribution in [0.2, 0.25) is 0 Å². The zero-order valence-corrected chi connectivity index (χ0v) is 11.7. The summed E-state index contributed by atoms with van der Waals surface area (Å²) in [6.07, 6.45) is 1.20. The van der Waals surface area contributed by atoms with E-state index >= 15 is 0 Å². The molecular formula is C14H17F2N3O. The van der Waals surface area contributed by atoms with E-state index in [1.54, 1.807) is 6.92 Å². The molecule has 4 nitrogen and oxygen atoms in total. The number of halogens is 2.